The molecule has 0 radical (unpaired) electrons. The summed E-state index contributed by atoms with van der Waals surface area (Å²) in [5.41, 5.74) is 4.06. The Kier molecular flexibility index (Phi) is 4.78. The smallest absolute Gasteiger partial charge is 0.116 e. The van der Waals surface area contributed by atoms with Gasteiger partial charge in [0, 0.05) is 36.4 Å². The normalized spacial score (nSPS) is 18.0. The topological polar surface area (TPSA) is 46.9 Å². The van der Waals surface area contributed by atoms with E-state index in [4.69, 9.17) is 0 Å². The monoisotopic (exact) mass is 326 g/mol. The van der Waals surface area contributed by atoms with E-state index in [1.165, 1.54) is 0 Å². The maximum Gasteiger partial charge on any atom is 0.116 e. The van der Waals surface area contributed by atoms with Crippen molar-refractivity contribution in [2.45, 2.75) is 19.4 Å². The van der Waals surface area contributed by atoms with Crippen molar-refractivity contribution >= 4 is 11.4 Å². The number of rotatable bonds is 4. The largest absolute Gasteiger partial charge is 0.508 e. The zero-order valence-corrected chi connectivity index (χ0v) is 14.6. The lowest BCUT2D eigenvalue weighted by molar-refractivity contribution is 0.180. The molecule has 0 saturated heterocycles. The molecule has 1 heterocycles. The molecule has 0 bridgehead atoms. The number of fused-ring (bicyclic) bond motifs is 2. The average molecular weight is 326 g/mol. The van der Waals surface area contributed by atoms with Gasteiger partial charge in [-0.05, 0) is 49.8 Å². The summed E-state index contributed by atoms with van der Waals surface area (Å²) >= 11 is 0. The van der Waals surface area contributed by atoms with Gasteiger partial charge in [-0.3, -0.25) is 0 Å². The van der Waals surface area contributed by atoms with Crippen molar-refractivity contribution in [2.24, 2.45) is 5.92 Å². The molecule has 0 spiro atoms. The van der Waals surface area contributed by atoms with Gasteiger partial charge < -0.3 is 20.0 Å². The lowest BCUT2D eigenvalue weighted by Gasteiger charge is -2.30. The van der Waals surface area contributed by atoms with Crippen molar-refractivity contribution < 1.29 is 10.2 Å². The Morgan fingerprint density at radius 3 is 2.67 bits per heavy atom. The van der Waals surface area contributed by atoms with Gasteiger partial charge in [-0.15, -0.1) is 0 Å². The van der Waals surface area contributed by atoms with E-state index in [2.05, 4.69) is 36.9 Å². The molecule has 0 fully saturated rings. The Labute approximate surface area is 144 Å². The van der Waals surface area contributed by atoms with Crippen LogP contribution in [0.2, 0.25) is 0 Å². The minimum Gasteiger partial charge on any atom is -0.508 e. The molecule has 1 aliphatic rings. The van der Waals surface area contributed by atoms with Crippen molar-refractivity contribution in [3.05, 3.63) is 53.6 Å². The van der Waals surface area contributed by atoms with Gasteiger partial charge in [-0.2, -0.15) is 0 Å². The van der Waals surface area contributed by atoms with Gasteiger partial charge >= 0.3 is 0 Å². The Morgan fingerprint density at radius 1 is 1.17 bits per heavy atom. The van der Waals surface area contributed by atoms with Gasteiger partial charge in [0.2, 0.25) is 0 Å². The third-order valence-corrected chi connectivity index (χ3v) is 4.52. The third kappa shape index (κ3) is 3.40. The van der Waals surface area contributed by atoms with Gasteiger partial charge in [0.05, 0.1) is 6.10 Å². The maximum atomic E-state index is 10.7. The predicted molar refractivity (Wildman–Crippen MR) is 97.9 cm³/mol. The molecule has 2 N–H and O–H groups in total. The SMILES string of the molecule is CC(CN(C)C)CN1c2ccc(O)cc2CC(O)c2ccccc21. The highest BCUT2D eigenvalue weighted by Gasteiger charge is 2.26. The summed E-state index contributed by atoms with van der Waals surface area (Å²) < 4.78 is 0. The van der Waals surface area contributed by atoms with E-state index in [1.54, 1.807) is 12.1 Å². The molecule has 4 nitrogen and oxygen atoms in total. The third-order valence-electron chi connectivity index (χ3n) is 4.52. The van der Waals surface area contributed by atoms with Crippen LogP contribution >= 0.6 is 0 Å². The standard InChI is InChI=1S/C20H26N2O2/c1-14(12-21(2)3)13-22-18-9-8-16(23)10-15(18)11-20(24)17-6-4-5-7-19(17)22/h4-10,14,20,23-24H,11-13H2,1-3H3. The predicted octanol–water partition coefficient (Wildman–Crippen LogP) is 3.32. The maximum absolute atomic E-state index is 10.7. The van der Waals surface area contributed by atoms with Crippen molar-refractivity contribution in [2.75, 3.05) is 32.1 Å². The van der Waals surface area contributed by atoms with Crippen LogP contribution in [0.1, 0.15) is 24.2 Å². The van der Waals surface area contributed by atoms with Crippen molar-refractivity contribution in [1.82, 2.24) is 4.90 Å². The molecule has 128 valence electrons. The molecule has 2 aromatic carbocycles. The number of aromatic hydroxyl groups is 1. The zero-order chi connectivity index (χ0) is 17.3. The van der Waals surface area contributed by atoms with Crippen LogP contribution in [-0.4, -0.2) is 42.3 Å². The van der Waals surface area contributed by atoms with Crippen molar-refractivity contribution in [1.29, 1.82) is 0 Å². The number of aliphatic hydroxyl groups excluding tert-OH is 1. The van der Waals surface area contributed by atoms with Crippen molar-refractivity contribution in [3.63, 3.8) is 0 Å². The molecule has 1 aliphatic heterocycles. The molecule has 4 heteroatoms. The zero-order valence-electron chi connectivity index (χ0n) is 14.6. The lowest BCUT2D eigenvalue weighted by Crippen LogP contribution is -2.30. The second-order valence-corrected chi connectivity index (χ2v) is 7.07. The fraction of sp³-hybridized carbons (Fsp3) is 0.400. The van der Waals surface area contributed by atoms with E-state index in [9.17, 15) is 10.2 Å². The summed E-state index contributed by atoms with van der Waals surface area (Å²) in [6.45, 7) is 4.10. The number of phenols is 1. The van der Waals surface area contributed by atoms with Gasteiger partial charge in [0.25, 0.3) is 0 Å². The highest BCUT2D eigenvalue weighted by molar-refractivity contribution is 5.72. The molecule has 2 aromatic rings. The summed E-state index contributed by atoms with van der Waals surface area (Å²) in [6.07, 6.45) is -0.0461. The molecule has 0 aromatic heterocycles. The van der Waals surface area contributed by atoms with Gasteiger partial charge in [0.15, 0.2) is 0 Å². The van der Waals surface area contributed by atoms with E-state index >= 15 is 0 Å². The first kappa shape index (κ1) is 16.8. The Bertz CT molecular complexity index is 715. The fourth-order valence-corrected chi connectivity index (χ4v) is 3.65. The fourth-order valence-electron chi connectivity index (χ4n) is 3.65. The number of aliphatic hydroxyl groups is 1. The van der Waals surface area contributed by atoms with Crippen LogP contribution in [0.4, 0.5) is 11.4 Å². The van der Waals surface area contributed by atoms with Gasteiger partial charge in [-0.1, -0.05) is 25.1 Å². The lowest BCUT2D eigenvalue weighted by atomic mass is 10.0. The molecule has 2 unspecified atom stereocenters. The van der Waals surface area contributed by atoms with E-state index in [0.29, 0.717) is 12.3 Å². The quantitative estimate of drug-likeness (QED) is 0.905. The van der Waals surface area contributed by atoms with Crippen LogP contribution in [0.3, 0.4) is 0 Å². The van der Waals surface area contributed by atoms with Crippen LogP contribution in [-0.2, 0) is 6.42 Å². The number of para-hydroxylation sites is 1. The number of benzene rings is 2. The average Bonchev–Trinajstić information content (AvgIpc) is 2.62. The molecule has 0 amide bonds. The Balaban J connectivity index is 2.06. The Hall–Kier alpha value is -2.04. The summed E-state index contributed by atoms with van der Waals surface area (Å²) in [7, 11) is 4.17. The van der Waals surface area contributed by atoms with E-state index in [1.807, 2.05) is 24.3 Å². The molecule has 0 saturated carbocycles. The number of nitrogens with zero attached hydrogens (tertiary/aromatic N) is 2. The summed E-state index contributed by atoms with van der Waals surface area (Å²) in [4.78, 5) is 4.48. The molecule has 3 rings (SSSR count). The minimum atomic E-state index is -0.559. The molecule has 0 aliphatic carbocycles. The van der Waals surface area contributed by atoms with Crippen LogP contribution in [0, 0.1) is 5.92 Å². The second kappa shape index (κ2) is 6.83. The van der Waals surface area contributed by atoms with Crippen LogP contribution in [0.25, 0.3) is 0 Å². The first-order valence-electron chi connectivity index (χ1n) is 8.47. The van der Waals surface area contributed by atoms with Crippen molar-refractivity contribution in [3.8, 4) is 5.75 Å². The molecular formula is C20H26N2O2. The van der Waals surface area contributed by atoms with Crippen LogP contribution in [0.5, 0.6) is 5.75 Å². The molecular weight excluding hydrogens is 300 g/mol. The van der Waals surface area contributed by atoms with E-state index in [0.717, 1.165) is 35.6 Å². The highest BCUT2D eigenvalue weighted by atomic mass is 16.3. The van der Waals surface area contributed by atoms with E-state index < -0.39 is 6.10 Å². The van der Waals surface area contributed by atoms with Crippen LogP contribution < -0.4 is 4.90 Å². The number of phenolic OH excluding ortho intramolecular Hbond substituents is 1. The van der Waals surface area contributed by atoms with Gasteiger partial charge in [-0.25, -0.2) is 0 Å². The Morgan fingerprint density at radius 2 is 1.92 bits per heavy atom. The first-order valence-corrected chi connectivity index (χ1v) is 8.47. The van der Waals surface area contributed by atoms with E-state index in [-0.39, 0.29) is 5.75 Å². The summed E-state index contributed by atoms with van der Waals surface area (Å²) in [5.74, 6) is 0.707. The van der Waals surface area contributed by atoms with Gasteiger partial charge in [0.1, 0.15) is 5.75 Å². The number of hydrogen-bond acceptors (Lipinski definition) is 4. The number of hydrogen-bond donors (Lipinski definition) is 2. The highest BCUT2D eigenvalue weighted by Crippen LogP contribution is 2.41. The van der Waals surface area contributed by atoms with Crippen LogP contribution in [0.15, 0.2) is 42.5 Å². The summed E-state index contributed by atoms with van der Waals surface area (Å²) in [6, 6.07) is 13.5. The number of anilines is 2. The first-order chi connectivity index (χ1) is 11.5. The second-order valence-electron chi connectivity index (χ2n) is 7.07. The minimum absolute atomic E-state index is 0.244. The molecule has 2 atom stereocenters. The molecule has 24 heavy (non-hydrogen) atoms. The summed E-state index contributed by atoms with van der Waals surface area (Å²) in [5, 5.41) is 20.5.